The summed E-state index contributed by atoms with van der Waals surface area (Å²) in [6.07, 6.45) is -0.229. The predicted octanol–water partition coefficient (Wildman–Crippen LogP) is 1.01. The van der Waals surface area contributed by atoms with Gasteiger partial charge in [-0.2, -0.15) is 0 Å². The molecule has 2 aromatic carbocycles. The fourth-order valence-corrected chi connectivity index (χ4v) is 2.77. The Morgan fingerprint density at radius 1 is 0.970 bits per heavy atom. The van der Waals surface area contributed by atoms with E-state index in [0.717, 1.165) is 18.5 Å². The summed E-state index contributed by atoms with van der Waals surface area (Å²) in [7, 11) is 0. The highest BCUT2D eigenvalue weighted by Crippen LogP contribution is 2.09. The summed E-state index contributed by atoms with van der Waals surface area (Å²) >= 11 is 0. The fourth-order valence-electron chi connectivity index (χ4n) is 2.77. The van der Waals surface area contributed by atoms with Crippen LogP contribution in [0.4, 0.5) is 5.69 Å². The van der Waals surface area contributed by atoms with Gasteiger partial charge in [0.05, 0.1) is 12.6 Å². The van der Waals surface area contributed by atoms with Crippen LogP contribution in [-0.2, 0) is 9.59 Å². The molecular weight excluding hydrogens is 424 g/mol. The Bertz CT molecular complexity index is 1010. The topological polar surface area (TPSA) is 140 Å². The number of benzene rings is 2. The molecule has 6 N–H and O–H groups in total. The quantitative estimate of drug-likeness (QED) is 0.145. The minimum Gasteiger partial charge on any atom is -0.391 e. The molecule has 0 bridgehead atoms. The Labute approximate surface area is 192 Å². The maximum absolute atomic E-state index is 12.3. The van der Waals surface area contributed by atoms with Gasteiger partial charge in [0.2, 0.25) is 5.91 Å². The van der Waals surface area contributed by atoms with Gasteiger partial charge in [0.1, 0.15) is 6.04 Å². The number of anilines is 1. The summed E-state index contributed by atoms with van der Waals surface area (Å²) in [6, 6.07) is 12.3. The molecule has 2 rings (SSSR count). The van der Waals surface area contributed by atoms with Crippen molar-refractivity contribution in [1.29, 1.82) is 0 Å². The average Bonchev–Trinajstić information content (AvgIpc) is 2.81. The second-order valence-corrected chi connectivity index (χ2v) is 7.30. The fraction of sp³-hybridized carbons (Fsp3) is 0.292. The van der Waals surface area contributed by atoms with E-state index in [1.807, 2.05) is 6.92 Å². The number of aliphatic hydroxyl groups excluding tert-OH is 1. The van der Waals surface area contributed by atoms with Crippen LogP contribution in [0.3, 0.4) is 0 Å². The van der Waals surface area contributed by atoms with E-state index in [1.165, 1.54) is 12.4 Å². The van der Waals surface area contributed by atoms with Gasteiger partial charge in [0, 0.05) is 22.4 Å². The highest BCUT2D eigenvalue weighted by molar-refractivity contribution is 5.97. The number of carbonyl (C=O) groups excluding carboxylic acids is 3. The predicted molar refractivity (Wildman–Crippen MR) is 124 cm³/mol. The molecule has 0 saturated carbocycles. The van der Waals surface area contributed by atoms with E-state index < -0.39 is 24.0 Å². The van der Waals surface area contributed by atoms with Crippen molar-refractivity contribution in [3.63, 3.8) is 0 Å². The number of hydrogen-bond acceptors (Lipinski definition) is 6. The van der Waals surface area contributed by atoms with Crippen molar-refractivity contribution in [2.24, 2.45) is 0 Å². The highest BCUT2D eigenvalue weighted by Gasteiger charge is 2.25. The number of hydroxylamine groups is 1. The van der Waals surface area contributed by atoms with E-state index in [-0.39, 0.29) is 18.0 Å². The first kappa shape index (κ1) is 25.5. The van der Waals surface area contributed by atoms with Crippen LogP contribution < -0.4 is 21.4 Å². The third-order valence-corrected chi connectivity index (χ3v) is 4.54. The van der Waals surface area contributed by atoms with Gasteiger partial charge in [0.15, 0.2) is 0 Å². The summed E-state index contributed by atoms with van der Waals surface area (Å²) in [4.78, 5) is 35.7. The van der Waals surface area contributed by atoms with Gasteiger partial charge in [-0.1, -0.05) is 18.8 Å². The van der Waals surface area contributed by atoms with Crippen LogP contribution in [0.5, 0.6) is 0 Å². The van der Waals surface area contributed by atoms with Crippen molar-refractivity contribution in [2.45, 2.75) is 32.4 Å². The Kier molecular flexibility index (Phi) is 10.0. The molecule has 0 unspecified atom stereocenters. The number of carbonyl (C=O) groups is 3. The molecule has 174 valence electrons. The molecule has 0 aliphatic rings. The Morgan fingerprint density at radius 2 is 1.55 bits per heavy atom. The lowest BCUT2D eigenvalue weighted by atomic mass is 10.1. The van der Waals surface area contributed by atoms with Crippen LogP contribution in [0.25, 0.3) is 0 Å². The van der Waals surface area contributed by atoms with Crippen molar-refractivity contribution in [1.82, 2.24) is 16.1 Å². The van der Waals surface area contributed by atoms with Gasteiger partial charge in [-0.05, 0) is 68.4 Å². The third kappa shape index (κ3) is 8.38. The SMILES string of the molecule is CCCNCC(=O)Nc1ccc(C#Cc2ccc(C(=O)N[C@H](C(=O)NO)[C@@H](C)O)cc2)cc1. The largest absolute Gasteiger partial charge is 0.391 e. The number of aliphatic hydroxyl groups is 1. The van der Waals surface area contributed by atoms with Gasteiger partial charge < -0.3 is 21.1 Å². The molecule has 3 amide bonds. The van der Waals surface area contributed by atoms with E-state index >= 15 is 0 Å². The van der Waals surface area contributed by atoms with Crippen LogP contribution in [0.1, 0.15) is 41.8 Å². The van der Waals surface area contributed by atoms with Crippen molar-refractivity contribution in [3.8, 4) is 11.8 Å². The van der Waals surface area contributed by atoms with Crippen LogP contribution in [0.15, 0.2) is 48.5 Å². The minimum absolute atomic E-state index is 0.108. The molecule has 9 nitrogen and oxygen atoms in total. The first-order chi connectivity index (χ1) is 15.8. The maximum atomic E-state index is 12.3. The van der Waals surface area contributed by atoms with Crippen molar-refractivity contribution < 1.29 is 24.7 Å². The summed E-state index contributed by atoms with van der Waals surface area (Å²) in [5, 5.41) is 26.5. The second-order valence-electron chi connectivity index (χ2n) is 7.30. The molecule has 0 saturated heterocycles. The van der Waals surface area contributed by atoms with E-state index in [2.05, 4.69) is 27.8 Å². The monoisotopic (exact) mass is 452 g/mol. The van der Waals surface area contributed by atoms with Crippen molar-refractivity contribution in [2.75, 3.05) is 18.4 Å². The zero-order valence-corrected chi connectivity index (χ0v) is 18.5. The molecule has 0 aliphatic carbocycles. The average molecular weight is 453 g/mol. The molecular formula is C24H28N4O5. The van der Waals surface area contributed by atoms with Crippen molar-refractivity contribution in [3.05, 3.63) is 65.2 Å². The number of hydrogen-bond donors (Lipinski definition) is 6. The van der Waals surface area contributed by atoms with E-state index in [4.69, 9.17) is 5.21 Å². The number of amides is 3. The van der Waals surface area contributed by atoms with Gasteiger partial charge >= 0.3 is 0 Å². The first-order valence-corrected chi connectivity index (χ1v) is 10.5. The lowest BCUT2D eigenvalue weighted by molar-refractivity contribution is -0.133. The molecule has 9 heteroatoms. The molecule has 33 heavy (non-hydrogen) atoms. The maximum Gasteiger partial charge on any atom is 0.268 e. The summed E-state index contributed by atoms with van der Waals surface area (Å²) < 4.78 is 0. The second kappa shape index (κ2) is 13.0. The van der Waals surface area contributed by atoms with Gasteiger partial charge in [-0.3, -0.25) is 19.6 Å². The van der Waals surface area contributed by atoms with Gasteiger partial charge in [-0.25, -0.2) is 5.48 Å². The summed E-state index contributed by atoms with van der Waals surface area (Å²) in [5.41, 5.74) is 3.80. The molecule has 0 aromatic heterocycles. The molecule has 0 spiro atoms. The Morgan fingerprint density at radius 3 is 2.06 bits per heavy atom. The minimum atomic E-state index is -1.29. The standard InChI is InChI=1S/C24H28N4O5/c1-3-14-25-15-21(30)26-20-12-8-18(9-13-20)5-4-17-6-10-19(11-7-17)23(31)27-22(16(2)29)24(32)28-33/h6-13,16,22,25,29,33H,3,14-15H2,1-2H3,(H,26,30)(H,27,31)(H,28,32)/t16-,22+/m1/s1. The lowest BCUT2D eigenvalue weighted by Crippen LogP contribution is -2.51. The summed E-state index contributed by atoms with van der Waals surface area (Å²) in [6.45, 7) is 4.41. The molecule has 0 radical (unpaired) electrons. The van der Waals surface area contributed by atoms with Crippen LogP contribution in [-0.4, -0.2) is 53.3 Å². The molecule has 2 atom stereocenters. The Hall–Kier alpha value is -3.71. The zero-order valence-electron chi connectivity index (χ0n) is 18.5. The first-order valence-electron chi connectivity index (χ1n) is 10.5. The van der Waals surface area contributed by atoms with Crippen LogP contribution in [0, 0.1) is 11.8 Å². The molecule has 0 fully saturated rings. The van der Waals surface area contributed by atoms with E-state index in [0.29, 0.717) is 11.3 Å². The van der Waals surface area contributed by atoms with E-state index in [9.17, 15) is 19.5 Å². The van der Waals surface area contributed by atoms with Crippen LogP contribution >= 0.6 is 0 Å². The number of rotatable bonds is 9. The highest BCUT2D eigenvalue weighted by atomic mass is 16.5. The van der Waals surface area contributed by atoms with Gasteiger partial charge in [0.25, 0.3) is 11.8 Å². The van der Waals surface area contributed by atoms with E-state index in [1.54, 1.807) is 48.5 Å². The third-order valence-electron chi connectivity index (χ3n) is 4.54. The van der Waals surface area contributed by atoms with Gasteiger partial charge in [-0.15, -0.1) is 0 Å². The number of nitrogens with one attached hydrogen (secondary N) is 4. The van der Waals surface area contributed by atoms with Crippen LogP contribution in [0.2, 0.25) is 0 Å². The molecule has 0 heterocycles. The van der Waals surface area contributed by atoms with Crippen molar-refractivity contribution >= 4 is 23.4 Å². The normalized spacial score (nSPS) is 12.0. The smallest absolute Gasteiger partial charge is 0.268 e. The lowest BCUT2D eigenvalue weighted by Gasteiger charge is -2.19. The summed E-state index contributed by atoms with van der Waals surface area (Å²) in [5.74, 6) is 4.40. The Balaban J connectivity index is 1.96. The molecule has 2 aromatic rings. The zero-order chi connectivity index (χ0) is 24.2. The molecule has 0 aliphatic heterocycles.